The normalized spacial score (nSPS) is 20.0. The molecule has 1 aromatic rings. The maximum absolute atomic E-state index is 13.4. The van der Waals surface area contributed by atoms with Crippen LogP contribution in [0.5, 0.6) is 0 Å². The summed E-state index contributed by atoms with van der Waals surface area (Å²) in [6, 6.07) is 0. The molecule has 1 atom stereocenters. The number of nitrogens with zero attached hydrogens (tertiary/aromatic N) is 2. The van der Waals surface area contributed by atoms with E-state index in [0.717, 1.165) is 6.54 Å². The molecule has 0 bridgehead atoms. The minimum atomic E-state index is -0.398. The molecule has 2 rings (SSSR count). The zero-order chi connectivity index (χ0) is 12.1. The zero-order valence-corrected chi connectivity index (χ0v) is 10.7. The summed E-state index contributed by atoms with van der Waals surface area (Å²) in [5.41, 5.74) is 0. The van der Waals surface area contributed by atoms with E-state index in [4.69, 9.17) is 0 Å². The van der Waals surface area contributed by atoms with Crippen LogP contribution in [0.25, 0.3) is 0 Å². The Morgan fingerprint density at radius 1 is 1.53 bits per heavy atom. The number of rotatable bonds is 4. The average molecular weight is 256 g/mol. The van der Waals surface area contributed by atoms with Crippen molar-refractivity contribution in [2.24, 2.45) is 0 Å². The molecule has 0 saturated carbocycles. The van der Waals surface area contributed by atoms with Crippen LogP contribution in [0.1, 0.15) is 19.3 Å². The second-order valence-corrected chi connectivity index (χ2v) is 5.42. The van der Waals surface area contributed by atoms with E-state index in [2.05, 4.69) is 20.6 Å². The molecule has 2 N–H and O–H groups in total. The van der Waals surface area contributed by atoms with Gasteiger partial charge in [-0.2, -0.15) is 16.7 Å². The fraction of sp³-hybridized carbons (Fsp3) is 0.636. The Morgan fingerprint density at radius 3 is 3.12 bits per heavy atom. The minimum Gasteiger partial charge on any atom is -0.366 e. The molecule has 1 saturated heterocycles. The van der Waals surface area contributed by atoms with Crippen molar-refractivity contribution in [3.05, 3.63) is 12.0 Å². The van der Waals surface area contributed by atoms with Crippen molar-refractivity contribution in [1.29, 1.82) is 0 Å². The van der Waals surface area contributed by atoms with E-state index < -0.39 is 5.82 Å². The van der Waals surface area contributed by atoms with Gasteiger partial charge >= 0.3 is 0 Å². The summed E-state index contributed by atoms with van der Waals surface area (Å²) in [7, 11) is 1.72. The molecule has 0 aromatic carbocycles. The molecule has 0 aliphatic carbocycles. The molecular weight excluding hydrogens is 239 g/mol. The van der Waals surface area contributed by atoms with E-state index in [-0.39, 0.29) is 5.82 Å². The first-order chi connectivity index (χ1) is 8.29. The predicted molar refractivity (Wildman–Crippen MR) is 70.1 cm³/mol. The van der Waals surface area contributed by atoms with Crippen LogP contribution in [0.2, 0.25) is 0 Å². The van der Waals surface area contributed by atoms with Crippen molar-refractivity contribution in [1.82, 2.24) is 9.97 Å². The summed E-state index contributed by atoms with van der Waals surface area (Å²) in [4.78, 5) is 7.87. The standard InChI is InChI=1S/C11H17FN4S/c1-13-11-15-7-9(12)10(16-11)14-6-8-4-2-3-5-17-8/h7-8H,2-6H2,1H3,(H2,13,14,15,16). The zero-order valence-electron chi connectivity index (χ0n) is 9.87. The number of halogens is 1. The first-order valence-corrected chi connectivity index (χ1v) is 6.90. The molecule has 4 nitrogen and oxygen atoms in total. The highest BCUT2D eigenvalue weighted by atomic mass is 32.2. The monoisotopic (exact) mass is 256 g/mol. The van der Waals surface area contributed by atoms with Gasteiger partial charge in [0, 0.05) is 18.8 Å². The Labute approximate surface area is 105 Å². The minimum absolute atomic E-state index is 0.288. The van der Waals surface area contributed by atoms with Crippen molar-refractivity contribution < 1.29 is 4.39 Å². The summed E-state index contributed by atoms with van der Waals surface area (Å²) in [6.07, 6.45) is 4.96. The summed E-state index contributed by atoms with van der Waals surface area (Å²) in [6.45, 7) is 0.766. The van der Waals surface area contributed by atoms with Gasteiger partial charge in [-0.15, -0.1) is 0 Å². The van der Waals surface area contributed by atoms with Gasteiger partial charge in [-0.1, -0.05) is 6.42 Å². The van der Waals surface area contributed by atoms with Gasteiger partial charge in [-0.25, -0.2) is 9.37 Å². The number of hydrogen-bond acceptors (Lipinski definition) is 5. The lowest BCUT2D eigenvalue weighted by Crippen LogP contribution is -2.21. The van der Waals surface area contributed by atoms with E-state index in [1.54, 1.807) is 7.05 Å². The molecule has 0 spiro atoms. The van der Waals surface area contributed by atoms with Gasteiger partial charge in [0.05, 0.1) is 6.20 Å². The summed E-state index contributed by atoms with van der Waals surface area (Å²) in [5, 5.41) is 6.43. The van der Waals surface area contributed by atoms with E-state index in [1.165, 1.54) is 31.2 Å². The molecule has 1 fully saturated rings. The number of hydrogen-bond donors (Lipinski definition) is 2. The second-order valence-electron chi connectivity index (χ2n) is 4.01. The molecule has 0 amide bonds. The SMILES string of the molecule is CNc1ncc(F)c(NCC2CCCCS2)n1. The molecule has 1 aliphatic rings. The molecule has 17 heavy (non-hydrogen) atoms. The molecule has 1 aromatic heterocycles. The fourth-order valence-corrected chi connectivity index (χ4v) is 3.03. The van der Waals surface area contributed by atoms with Crippen LogP contribution in [0.4, 0.5) is 16.2 Å². The van der Waals surface area contributed by atoms with E-state index in [0.29, 0.717) is 11.2 Å². The van der Waals surface area contributed by atoms with Crippen LogP contribution in [-0.2, 0) is 0 Å². The molecule has 2 heterocycles. The third-order valence-corrected chi connectivity index (χ3v) is 4.14. The Balaban J connectivity index is 1.92. The maximum atomic E-state index is 13.4. The van der Waals surface area contributed by atoms with Gasteiger partial charge in [0.15, 0.2) is 11.6 Å². The van der Waals surface area contributed by atoms with Gasteiger partial charge < -0.3 is 10.6 Å². The Hall–Kier alpha value is -1.04. The Bertz CT molecular complexity index is 368. The van der Waals surface area contributed by atoms with E-state index in [1.807, 2.05) is 11.8 Å². The lowest BCUT2D eigenvalue weighted by Gasteiger charge is -2.21. The summed E-state index contributed by atoms with van der Waals surface area (Å²) < 4.78 is 13.4. The van der Waals surface area contributed by atoms with Crippen LogP contribution in [0, 0.1) is 5.82 Å². The van der Waals surface area contributed by atoms with Gasteiger partial charge in [-0.05, 0) is 18.6 Å². The summed E-state index contributed by atoms with van der Waals surface area (Å²) >= 11 is 1.95. The molecule has 1 aliphatic heterocycles. The Morgan fingerprint density at radius 2 is 2.41 bits per heavy atom. The topological polar surface area (TPSA) is 49.8 Å². The number of thioether (sulfide) groups is 1. The van der Waals surface area contributed by atoms with Gasteiger partial charge in [0.2, 0.25) is 5.95 Å². The second kappa shape index (κ2) is 6.05. The Kier molecular flexibility index (Phi) is 4.42. The third-order valence-electron chi connectivity index (χ3n) is 2.74. The number of anilines is 2. The van der Waals surface area contributed by atoms with Crippen molar-refractivity contribution in [3.63, 3.8) is 0 Å². The van der Waals surface area contributed by atoms with Crippen LogP contribution in [0.3, 0.4) is 0 Å². The summed E-state index contributed by atoms with van der Waals surface area (Å²) in [5.74, 6) is 1.53. The van der Waals surface area contributed by atoms with Crippen LogP contribution in [0.15, 0.2) is 6.20 Å². The highest BCUT2D eigenvalue weighted by Gasteiger charge is 2.15. The smallest absolute Gasteiger partial charge is 0.224 e. The van der Waals surface area contributed by atoms with E-state index >= 15 is 0 Å². The lowest BCUT2D eigenvalue weighted by molar-refractivity contribution is 0.614. The third kappa shape index (κ3) is 3.46. The van der Waals surface area contributed by atoms with Gasteiger partial charge in [0.25, 0.3) is 0 Å². The number of nitrogens with one attached hydrogen (secondary N) is 2. The van der Waals surface area contributed by atoms with Crippen molar-refractivity contribution >= 4 is 23.5 Å². The fourth-order valence-electron chi connectivity index (χ4n) is 1.79. The largest absolute Gasteiger partial charge is 0.366 e. The predicted octanol–water partition coefficient (Wildman–Crippen LogP) is 2.36. The average Bonchev–Trinajstić information content (AvgIpc) is 2.39. The van der Waals surface area contributed by atoms with E-state index in [9.17, 15) is 4.39 Å². The van der Waals surface area contributed by atoms with Crippen LogP contribution >= 0.6 is 11.8 Å². The lowest BCUT2D eigenvalue weighted by atomic mass is 10.2. The highest BCUT2D eigenvalue weighted by molar-refractivity contribution is 7.99. The molecule has 1 unspecified atom stereocenters. The maximum Gasteiger partial charge on any atom is 0.224 e. The van der Waals surface area contributed by atoms with Crippen LogP contribution in [-0.4, -0.2) is 34.6 Å². The van der Waals surface area contributed by atoms with Gasteiger partial charge in [-0.3, -0.25) is 0 Å². The quantitative estimate of drug-likeness (QED) is 0.866. The molecule has 0 radical (unpaired) electrons. The highest BCUT2D eigenvalue weighted by Crippen LogP contribution is 2.25. The molecule has 94 valence electrons. The van der Waals surface area contributed by atoms with Crippen molar-refractivity contribution in [3.8, 4) is 0 Å². The first-order valence-electron chi connectivity index (χ1n) is 5.85. The molecule has 6 heteroatoms. The van der Waals surface area contributed by atoms with Crippen molar-refractivity contribution in [2.75, 3.05) is 30.0 Å². The first kappa shape index (κ1) is 12.4. The van der Waals surface area contributed by atoms with Crippen molar-refractivity contribution in [2.45, 2.75) is 24.5 Å². The number of aromatic nitrogens is 2. The molecular formula is C11H17FN4S. The van der Waals surface area contributed by atoms with Crippen LogP contribution < -0.4 is 10.6 Å². The van der Waals surface area contributed by atoms with Gasteiger partial charge in [0.1, 0.15) is 0 Å².